The lowest BCUT2D eigenvalue weighted by Gasteiger charge is -2.09. The normalized spacial score (nSPS) is 10.8. The summed E-state index contributed by atoms with van der Waals surface area (Å²) < 4.78 is 7.52. The van der Waals surface area contributed by atoms with Crippen molar-refractivity contribution in [2.45, 2.75) is 20.8 Å². The molecule has 0 radical (unpaired) electrons. The Bertz CT molecular complexity index is 1220. The van der Waals surface area contributed by atoms with Crippen molar-refractivity contribution in [3.05, 3.63) is 88.9 Å². The molecule has 0 amide bonds. The summed E-state index contributed by atoms with van der Waals surface area (Å²) in [4.78, 5) is 3.69. The number of hydrogen-bond donors (Lipinski definition) is 0. The highest BCUT2D eigenvalue weighted by molar-refractivity contribution is 6.01. The van der Waals surface area contributed by atoms with Gasteiger partial charge in [-0.15, -0.1) is 0 Å². The number of nitrogens with zero attached hydrogens (tertiary/aromatic N) is 2. The summed E-state index contributed by atoms with van der Waals surface area (Å²) in [5, 5.41) is 1.11. The molecule has 0 bridgehead atoms. The first-order valence-electron chi connectivity index (χ1n) is 9.27. The van der Waals surface area contributed by atoms with Gasteiger partial charge in [-0.2, -0.15) is 0 Å². The first-order valence-corrected chi connectivity index (χ1v) is 9.27. The van der Waals surface area contributed by atoms with Crippen LogP contribution in [0.15, 0.2) is 60.8 Å². The first-order chi connectivity index (χ1) is 13.5. The molecule has 0 saturated carbocycles. The lowest BCUT2D eigenvalue weighted by atomic mass is 9.96. The largest absolute Gasteiger partial charge is 0.497 e. The molecular weight excluding hydrogens is 344 g/mol. The van der Waals surface area contributed by atoms with E-state index in [-0.39, 0.29) is 0 Å². The minimum atomic E-state index is 0.670. The number of hydrogen-bond acceptors (Lipinski definition) is 1. The summed E-state index contributed by atoms with van der Waals surface area (Å²) >= 11 is 0. The highest BCUT2D eigenvalue weighted by atomic mass is 16.5. The van der Waals surface area contributed by atoms with Crippen LogP contribution >= 0.6 is 0 Å². The number of aromatic nitrogens is 1. The van der Waals surface area contributed by atoms with Gasteiger partial charge in [-0.05, 0) is 78.7 Å². The summed E-state index contributed by atoms with van der Waals surface area (Å²) in [5.41, 5.74) is 8.86. The number of benzene rings is 3. The van der Waals surface area contributed by atoms with Gasteiger partial charge in [0.25, 0.3) is 0 Å². The van der Waals surface area contributed by atoms with Crippen LogP contribution in [0.3, 0.4) is 0 Å². The van der Waals surface area contributed by atoms with E-state index < -0.39 is 0 Å². The zero-order valence-corrected chi connectivity index (χ0v) is 16.6. The minimum Gasteiger partial charge on any atom is -0.497 e. The maximum atomic E-state index is 7.49. The average molecular weight is 366 g/mol. The van der Waals surface area contributed by atoms with Gasteiger partial charge in [0.1, 0.15) is 5.75 Å². The number of methoxy groups -OCH3 is 1. The van der Waals surface area contributed by atoms with Gasteiger partial charge in [-0.1, -0.05) is 24.3 Å². The SMILES string of the molecule is [C-]#[N+]c1cc(C)c2c(c1)c(-c1cccc(C)c1C)cn2-c1ccc(OC)cc1. The smallest absolute Gasteiger partial charge is 0.188 e. The van der Waals surface area contributed by atoms with E-state index in [1.165, 1.54) is 16.7 Å². The molecule has 0 N–H and O–H groups in total. The van der Waals surface area contributed by atoms with Crippen molar-refractivity contribution < 1.29 is 4.74 Å². The zero-order valence-electron chi connectivity index (χ0n) is 16.6. The maximum absolute atomic E-state index is 7.49. The summed E-state index contributed by atoms with van der Waals surface area (Å²) in [7, 11) is 1.68. The number of aryl methyl sites for hydroxylation is 2. The molecule has 138 valence electrons. The van der Waals surface area contributed by atoms with Crippen molar-refractivity contribution >= 4 is 16.6 Å². The van der Waals surface area contributed by atoms with Gasteiger partial charge in [-0.25, -0.2) is 4.85 Å². The van der Waals surface area contributed by atoms with E-state index in [4.69, 9.17) is 11.3 Å². The van der Waals surface area contributed by atoms with Gasteiger partial charge >= 0.3 is 0 Å². The van der Waals surface area contributed by atoms with Crippen molar-refractivity contribution in [2.24, 2.45) is 0 Å². The Morgan fingerprint density at radius 3 is 2.32 bits per heavy atom. The summed E-state index contributed by atoms with van der Waals surface area (Å²) in [6, 6.07) is 18.4. The maximum Gasteiger partial charge on any atom is 0.188 e. The molecule has 4 rings (SSSR count). The van der Waals surface area contributed by atoms with Gasteiger partial charge in [0.15, 0.2) is 5.69 Å². The van der Waals surface area contributed by atoms with Gasteiger partial charge in [0.2, 0.25) is 0 Å². The first kappa shape index (κ1) is 17.9. The zero-order chi connectivity index (χ0) is 19.8. The Labute approximate surface area is 165 Å². The molecule has 3 aromatic carbocycles. The van der Waals surface area contributed by atoms with Crippen molar-refractivity contribution in [1.29, 1.82) is 0 Å². The molecule has 0 spiro atoms. The Kier molecular flexibility index (Phi) is 4.41. The van der Waals surface area contributed by atoms with Gasteiger partial charge in [0.05, 0.1) is 19.2 Å². The lowest BCUT2D eigenvalue weighted by Crippen LogP contribution is -1.94. The van der Waals surface area contributed by atoms with Crippen LogP contribution in [-0.4, -0.2) is 11.7 Å². The monoisotopic (exact) mass is 366 g/mol. The van der Waals surface area contributed by atoms with E-state index in [0.717, 1.165) is 33.5 Å². The second kappa shape index (κ2) is 6.90. The summed E-state index contributed by atoms with van der Waals surface area (Å²) in [6.07, 6.45) is 2.19. The fourth-order valence-corrected chi connectivity index (χ4v) is 3.82. The third kappa shape index (κ3) is 2.84. The van der Waals surface area contributed by atoms with Crippen LogP contribution in [0, 0.1) is 27.3 Å². The molecule has 3 nitrogen and oxygen atoms in total. The topological polar surface area (TPSA) is 18.5 Å². The number of fused-ring (bicyclic) bond motifs is 1. The molecule has 0 aliphatic heterocycles. The summed E-state index contributed by atoms with van der Waals surface area (Å²) in [6.45, 7) is 13.9. The Morgan fingerprint density at radius 1 is 0.893 bits per heavy atom. The van der Waals surface area contributed by atoms with Crippen LogP contribution in [0.1, 0.15) is 16.7 Å². The molecule has 28 heavy (non-hydrogen) atoms. The third-order valence-electron chi connectivity index (χ3n) is 5.45. The van der Waals surface area contributed by atoms with Crippen LogP contribution in [0.4, 0.5) is 5.69 Å². The van der Waals surface area contributed by atoms with Gasteiger partial charge < -0.3 is 9.30 Å². The minimum absolute atomic E-state index is 0.670. The number of rotatable bonds is 3. The highest BCUT2D eigenvalue weighted by Crippen LogP contribution is 2.38. The van der Waals surface area contributed by atoms with E-state index in [1.807, 2.05) is 24.3 Å². The van der Waals surface area contributed by atoms with Crippen LogP contribution in [0.5, 0.6) is 5.75 Å². The second-order valence-electron chi connectivity index (χ2n) is 7.13. The predicted molar refractivity (Wildman–Crippen MR) is 116 cm³/mol. The third-order valence-corrected chi connectivity index (χ3v) is 5.45. The van der Waals surface area contributed by atoms with E-state index in [2.05, 4.69) is 66.7 Å². The molecule has 0 atom stereocenters. The fraction of sp³-hybridized carbons (Fsp3) is 0.160. The van der Waals surface area contributed by atoms with Crippen molar-refractivity contribution in [2.75, 3.05) is 7.11 Å². The second-order valence-corrected chi connectivity index (χ2v) is 7.13. The molecule has 0 fully saturated rings. The Hall–Kier alpha value is -3.51. The lowest BCUT2D eigenvalue weighted by molar-refractivity contribution is 0.415. The average Bonchev–Trinajstić information content (AvgIpc) is 3.10. The molecule has 1 aromatic heterocycles. The molecule has 0 saturated heterocycles. The summed E-state index contributed by atoms with van der Waals surface area (Å²) in [5.74, 6) is 0.835. The molecule has 0 aliphatic carbocycles. The van der Waals surface area contributed by atoms with Crippen LogP contribution < -0.4 is 4.74 Å². The van der Waals surface area contributed by atoms with Gasteiger partial charge in [-0.3, -0.25) is 0 Å². The molecule has 4 aromatic rings. The van der Waals surface area contributed by atoms with Gasteiger partial charge in [0, 0.05) is 17.4 Å². The van der Waals surface area contributed by atoms with E-state index in [9.17, 15) is 0 Å². The molecule has 0 unspecified atom stereocenters. The van der Waals surface area contributed by atoms with Crippen LogP contribution in [-0.2, 0) is 0 Å². The van der Waals surface area contributed by atoms with E-state index in [0.29, 0.717) is 5.69 Å². The Morgan fingerprint density at radius 2 is 1.64 bits per heavy atom. The Balaban J connectivity index is 2.06. The fourth-order valence-electron chi connectivity index (χ4n) is 3.82. The van der Waals surface area contributed by atoms with Crippen LogP contribution in [0.25, 0.3) is 32.6 Å². The molecule has 0 aliphatic rings. The quantitative estimate of drug-likeness (QED) is 0.365. The van der Waals surface area contributed by atoms with E-state index >= 15 is 0 Å². The van der Waals surface area contributed by atoms with Crippen LogP contribution in [0.2, 0.25) is 0 Å². The number of ether oxygens (including phenoxy) is 1. The standard InChI is InChI=1S/C25H22N2O/c1-16-7-6-8-22(18(16)3)24-15-27(20-9-11-21(28-5)12-10-20)25-17(2)13-19(26-4)14-23(24)25/h6-15H,1-3,5H3. The predicted octanol–water partition coefficient (Wildman–Crippen LogP) is 6.78. The molecule has 3 heteroatoms. The van der Waals surface area contributed by atoms with Crippen molar-refractivity contribution in [3.63, 3.8) is 0 Å². The molecular formula is C25H22N2O. The molecule has 1 heterocycles. The van der Waals surface area contributed by atoms with E-state index in [1.54, 1.807) is 7.11 Å². The van der Waals surface area contributed by atoms with Crippen molar-refractivity contribution in [3.8, 4) is 22.6 Å². The highest BCUT2D eigenvalue weighted by Gasteiger charge is 2.16. The van der Waals surface area contributed by atoms with Crippen molar-refractivity contribution in [1.82, 2.24) is 4.57 Å².